The predicted molar refractivity (Wildman–Crippen MR) is 44.5 cm³/mol. The highest BCUT2D eigenvalue weighted by Gasteiger charge is 2.19. The number of nitrogens with zero attached hydrogens (tertiary/aromatic N) is 3. The average molecular weight is 165 g/mol. The van der Waals surface area contributed by atoms with Gasteiger partial charge >= 0.3 is 0 Å². The van der Waals surface area contributed by atoms with E-state index in [1.165, 1.54) is 5.69 Å². The normalized spacial score (nSPS) is 19.6. The van der Waals surface area contributed by atoms with Gasteiger partial charge < -0.3 is 5.21 Å². The van der Waals surface area contributed by atoms with E-state index in [4.69, 9.17) is 5.21 Å². The molecule has 1 aromatic rings. The molecule has 1 aliphatic carbocycles. The molecule has 0 amide bonds. The number of fused-ring (bicyclic) bond motifs is 1. The monoisotopic (exact) mass is 165 g/mol. The van der Waals surface area contributed by atoms with Gasteiger partial charge in [0.15, 0.2) is 0 Å². The molecule has 0 saturated heterocycles. The van der Waals surface area contributed by atoms with Crippen LogP contribution in [-0.2, 0) is 13.5 Å². The first kappa shape index (κ1) is 7.34. The molecule has 1 aliphatic rings. The van der Waals surface area contributed by atoms with Crippen molar-refractivity contribution in [2.24, 2.45) is 12.2 Å². The zero-order valence-electron chi connectivity index (χ0n) is 6.99. The van der Waals surface area contributed by atoms with Crippen LogP contribution in [0.15, 0.2) is 11.4 Å². The van der Waals surface area contributed by atoms with E-state index in [2.05, 4.69) is 10.3 Å². The summed E-state index contributed by atoms with van der Waals surface area (Å²) >= 11 is 0. The van der Waals surface area contributed by atoms with Gasteiger partial charge in [0.1, 0.15) is 0 Å². The molecule has 0 aliphatic heterocycles. The van der Waals surface area contributed by atoms with Crippen molar-refractivity contribution < 1.29 is 5.21 Å². The number of aryl methyl sites for hydroxylation is 1. The molecule has 0 bridgehead atoms. The van der Waals surface area contributed by atoms with Crippen LogP contribution in [0, 0.1) is 0 Å². The van der Waals surface area contributed by atoms with E-state index in [9.17, 15) is 0 Å². The number of hydrogen-bond acceptors (Lipinski definition) is 3. The number of aromatic nitrogens is 2. The second-order valence-electron chi connectivity index (χ2n) is 3.03. The van der Waals surface area contributed by atoms with Crippen molar-refractivity contribution in [2.45, 2.75) is 19.3 Å². The third-order valence-electron chi connectivity index (χ3n) is 2.32. The van der Waals surface area contributed by atoms with Crippen molar-refractivity contribution in [1.29, 1.82) is 0 Å². The van der Waals surface area contributed by atoms with Gasteiger partial charge in [0.05, 0.1) is 11.9 Å². The first-order valence-corrected chi connectivity index (χ1v) is 4.05. The van der Waals surface area contributed by atoms with Crippen LogP contribution in [0.5, 0.6) is 0 Å². The largest absolute Gasteiger partial charge is 0.411 e. The summed E-state index contributed by atoms with van der Waals surface area (Å²) < 4.78 is 1.85. The second-order valence-corrected chi connectivity index (χ2v) is 3.03. The summed E-state index contributed by atoms with van der Waals surface area (Å²) in [7, 11) is 1.92. The van der Waals surface area contributed by atoms with E-state index in [1.54, 1.807) is 6.20 Å². The Labute approximate surface area is 70.5 Å². The van der Waals surface area contributed by atoms with Gasteiger partial charge in [-0.15, -0.1) is 0 Å². The Kier molecular flexibility index (Phi) is 1.60. The minimum absolute atomic E-state index is 0.768. The Bertz CT molecular complexity index is 327. The molecule has 0 radical (unpaired) electrons. The molecule has 0 spiro atoms. The molecule has 0 atom stereocenters. The van der Waals surface area contributed by atoms with Crippen molar-refractivity contribution in [3.05, 3.63) is 17.5 Å². The molecule has 1 heterocycles. The van der Waals surface area contributed by atoms with Crippen LogP contribution < -0.4 is 0 Å². The fraction of sp³-hybridized carbons (Fsp3) is 0.500. The summed E-state index contributed by atoms with van der Waals surface area (Å²) in [4.78, 5) is 0. The molecule has 2 rings (SSSR count). The van der Waals surface area contributed by atoms with Crippen LogP contribution in [0.4, 0.5) is 0 Å². The van der Waals surface area contributed by atoms with Crippen LogP contribution in [0.2, 0.25) is 0 Å². The van der Waals surface area contributed by atoms with Crippen LogP contribution >= 0.6 is 0 Å². The smallest absolute Gasteiger partial charge is 0.0902 e. The lowest BCUT2D eigenvalue weighted by atomic mass is 9.96. The molecule has 64 valence electrons. The summed E-state index contributed by atoms with van der Waals surface area (Å²) in [6, 6.07) is 0. The fourth-order valence-electron chi connectivity index (χ4n) is 1.66. The van der Waals surface area contributed by atoms with Gasteiger partial charge in [0.2, 0.25) is 0 Å². The van der Waals surface area contributed by atoms with Crippen LogP contribution in [0.25, 0.3) is 0 Å². The lowest BCUT2D eigenvalue weighted by Gasteiger charge is -2.12. The average Bonchev–Trinajstić information content (AvgIpc) is 2.48. The Balaban J connectivity index is 2.53. The SMILES string of the molecule is Cn1ncc2c1CCCC2=NO. The van der Waals surface area contributed by atoms with E-state index >= 15 is 0 Å². The number of rotatable bonds is 0. The van der Waals surface area contributed by atoms with Crippen molar-refractivity contribution in [3.63, 3.8) is 0 Å². The topological polar surface area (TPSA) is 50.4 Å². The maximum atomic E-state index is 8.70. The lowest BCUT2D eigenvalue weighted by Crippen LogP contribution is -2.12. The highest BCUT2D eigenvalue weighted by Crippen LogP contribution is 2.20. The molecule has 0 aromatic carbocycles. The summed E-state index contributed by atoms with van der Waals surface area (Å²) in [5.74, 6) is 0. The van der Waals surface area contributed by atoms with Crippen molar-refractivity contribution in [3.8, 4) is 0 Å². The van der Waals surface area contributed by atoms with Gasteiger partial charge in [-0.3, -0.25) is 4.68 Å². The first-order chi connectivity index (χ1) is 5.83. The molecule has 4 nitrogen and oxygen atoms in total. The van der Waals surface area contributed by atoms with Gasteiger partial charge in [-0.05, 0) is 19.3 Å². The number of oxime groups is 1. The molecule has 0 unspecified atom stereocenters. The molecule has 1 aromatic heterocycles. The maximum absolute atomic E-state index is 8.70. The third kappa shape index (κ3) is 0.913. The molecule has 12 heavy (non-hydrogen) atoms. The van der Waals surface area contributed by atoms with E-state index in [0.29, 0.717) is 0 Å². The van der Waals surface area contributed by atoms with Gasteiger partial charge in [-0.1, -0.05) is 5.16 Å². The standard InChI is InChI=1S/C8H11N3O/c1-11-8-4-2-3-7(10-12)6(8)5-9-11/h5,12H,2-4H2,1H3. The van der Waals surface area contributed by atoms with E-state index in [1.807, 2.05) is 11.7 Å². The maximum Gasteiger partial charge on any atom is 0.0902 e. The van der Waals surface area contributed by atoms with Crippen molar-refractivity contribution in [1.82, 2.24) is 9.78 Å². The first-order valence-electron chi connectivity index (χ1n) is 4.05. The minimum Gasteiger partial charge on any atom is -0.411 e. The van der Waals surface area contributed by atoms with E-state index in [0.717, 1.165) is 30.5 Å². The van der Waals surface area contributed by atoms with E-state index < -0.39 is 0 Å². The Morgan fingerprint density at radius 1 is 1.58 bits per heavy atom. The summed E-state index contributed by atoms with van der Waals surface area (Å²) in [6.07, 6.45) is 4.70. The fourth-order valence-corrected chi connectivity index (χ4v) is 1.66. The summed E-state index contributed by atoms with van der Waals surface area (Å²) in [5, 5.41) is 16.1. The molecular formula is C8H11N3O. The Hall–Kier alpha value is -1.32. The van der Waals surface area contributed by atoms with Gasteiger partial charge in [0, 0.05) is 18.3 Å². The zero-order valence-corrected chi connectivity index (χ0v) is 6.99. The number of hydrogen-bond donors (Lipinski definition) is 1. The van der Waals surface area contributed by atoms with Gasteiger partial charge in [0.25, 0.3) is 0 Å². The van der Waals surface area contributed by atoms with Gasteiger partial charge in [-0.2, -0.15) is 5.10 Å². The summed E-state index contributed by atoms with van der Waals surface area (Å²) in [6.45, 7) is 0. The van der Waals surface area contributed by atoms with Crippen LogP contribution in [0.3, 0.4) is 0 Å². The van der Waals surface area contributed by atoms with Crippen molar-refractivity contribution in [2.75, 3.05) is 0 Å². The predicted octanol–water partition coefficient (Wildman–Crippen LogP) is 0.935. The van der Waals surface area contributed by atoms with Gasteiger partial charge in [-0.25, -0.2) is 0 Å². The highest BCUT2D eigenvalue weighted by molar-refractivity contribution is 6.01. The van der Waals surface area contributed by atoms with Crippen LogP contribution in [0.1, 0.15) is 24.1 Å². The lowest BCUT2D eigenvalue weighted by molar-refractivity contribution is 0.317. The van der Waals surface area contributed by atoms with Crippen LogP contribution in [-0.4, -0.2) is 20.7 Å². The highest BCUT2D eigenvalue weighted by atomic mass is 16.4. The Morgan fingerprint density at radius 3 is 3.17 bits per heavy atom. The molecule has 0 fully saturated rings. The molecule has 0 saturated carbocycles. The molecule has 1 N–H and O–H groups in total. The molecule has 4 heteroatoms. The second kappa shape index (κ2) is 2.62. The summed E-state index contributed by atoms with van der Waals surface area (Å²) in [5.41, 5.74) is 2.95. The molecular weight excluding hydrogens is 154 g/mol. The quantitative estimate of drug-likeness (QED) is 0.459. The minimum atomic E-state index is 0.768. The van der Waals surface area contributed by atoms with E-state index in [-0.39, 0.29) is 0 Å². The third-order valence-corrected chi connectivity index (χ3v) is 2.32. The Morgan fingerprint density at radius 2 is 2.42 bits per heavy atom. The van der Waals surface area contributed by atoms with Crippen molar-refractivity contribution >= 4 is 5.71 Å². The zero-order chi connectivity index (χ0) is 8.55.